The smallest absolute Gasteiger partial charge is 0.135 e. The zero-order valence-electron chi connectivity index (χ0n) is 13.7. The standard InChI is InChI=1S/C16H23N3Si2/c1-20(2,3)13-12-15-16(21(4,5)6)17-18-19(15)14-10-8-7-9-11-14/h7-11H,1-6H3. The average Bonchev–Trinajstić information content (AvgIpc) is 2.80. The molecule has 0 saturated carbocycles. The molecule has 0 fully saturated rings. The van der Waals surface area contributed by atoms with Gasteiger partial charge in [-0.05, 0) is 12.1 Å². The van der Waals surface area contributed by atoms with Crippen LogP contribution in [0, 0.1) is 11.5 Å². The highest BCUT2D eigenvalue weighted by atomic mass is 28.3. The van der Waals surface area contributed by atoms with E-state index in [1.165, 1.54) is 0 Å². The van der Waals surface area contributed by atoms with Crippen LogP contribution in [-0.4, -0.2) is 31.1 Å². The zero-order valence-corrected chi connectivity index (χ0v) is 15.7. The molecule has 2 rings (SSSR count). The van der Waals surface area contributed by atoms with Crippen LogP contribution >= 0.6 is 0 Å². The van der Waals surface area contributed by atoms with Gasteiger partial charge in [-0.25, -0.2) is 4.68 Å². The van der Waals surface area contributed by atoms with E-state index >= 15 is 0 Å². The van der Waals surface area contributed by atoms with E-state index in [0.717, 1.165) is 16.7 Å². The van der Waals surface area contributed by atoms with E-state index in [1.54, 1.807) is 0 Å². The third-order valence-electron chi connectivity index (χ3n) is 2.94. The molecular weight excluding hydrogens is 290 g/mol. The molecule has 0 radical (unpaired) electrons. The molecule has 0 amide bonds. The molecular formula is C16H23N3Si2. The molecule has 0 aliphatic rings. The number of para-hydroxylation sites is 1. The fourth-order valence-electron chi connectivity index (χ4n) is 1.90. The first-order chi connectivity index (χ1) is 9.68. The molecule has 1 aromatic heterocycles. The van der Waals surface area contributed by atoms with Gasteiger partial charge in [-0.3, -0.25) is 0 Å². The molecule has 0 atom stereocenters. The summed E-state index contributed by atoms with van der Waals surface area (Å²) in [6, 6.07) is 10.1. The van der Waals surface area contributed by atoms with Gasteiger partial charge in [-0.1, -0.05) is 68.6 Å². The van der Waals surface area contributed by atoms with Gasteiger partial charge in [-0.15, -0.1) is 10.6 Å². The Bertz CT molecular complexity index is 680. The van der Waals surface area contributed by atoms with E-state index in [-0.39, 0.29) is 0 Å². The van der Waals surface area contributed by atoms with Crippen molar-refractivity contribution in [2.24, 2.45) is 0 Å². The van der Waals surface area contributed by atoms with Gasteiger partial charge in [0.05, 0.1) is 11.0 Å². The highest BCUT2D eigenvalue weighted by Crippen LogP contribution is 2.11. The molecule has 0 unspecified atom stereocenters. The van der Waals surface area contributed by atoms with Crippen LogP contribution < -0.4 is 5.32 Å². The van der Waals surface area contributed by atoms with Gasteiger partial charge in [0.15, 0.2) is 0 Å². The lowest BCUT2D eigenvalue weighted by Crippen LogP contribution is -2.41. The van der Waals surface area contributed by atoms with Crippen LogP contribution in [0.2, 0.25) is 39.3 Å². The predicted octanol–water partition coefficient (Wildman–Crippen LogP) is 3.04. The van der Waals surface area contributed by atoms with Crippen LogP contribution in [0.4, 0.5) is 0 Å². The molecule has 1 aromatic carbocycles. The third-order valence-corrected chi connectivity index (χ3v) is 5.57. The van der Waals surface area contributed by atoms with Crippen molar-refractivity contribution in [1.29, 1.82) is 0 Å². The Balaban J connectivity index is 2.62. The number of rotatable bonds is 2. The van der Waals surface area contributed by atoms with Crippen LogP contribution in [0.5, 0.6) is 0 Å². The third kappa shape index (κ3) is 3.93. The second-order valence-electron chi connectivity index (χ2n) is 7.28. The Morgan fingerprint density at radius 1 is 0.952 bits per heavy atom. The maximum atomic E-state index is 4.45. The molecule has 110 valence electrons. The Kier molecular flexibility index (Phi) is 4.21. The monoisotopic (exact) mass is 313 g/mol. The minimum absolute atomic E-state index is 0.975. The number of nitrogens with zero attached hydrogens (tertiary/aromatic N) is 3. The van der Waals surface area contributed by atoms with Crippen LogP contribution in [0.15, 0.2) is 30.3 Å². The summed E-state index contributed by atoms with van der Waals surface area (Å²) in [7, 11) is -3.00. The maximum absolute atomic E-state index is 4.45. The highest BCUT2D eigenvalue weighted by molar-refractivity contribution is 6.88. The number of hydrogen-bond donors (Lipinski definition) is 0. The normalized spacial score (nSPS) is 11.9. The summed E-state index contributed by atoms with van der Waals surface area (Å²) < 4.78 is 1.89. The minimum atomic E-state index is -1.57. The molecule has 0 saturated heterocycles. The van der Waals surface area contributed by atoms with Gasteiger partial charge in [-0.2, -0.15) is 0 Å². The molecule has 0 aliphatic carbocycles. The second-order valence-corrected chi connectivity index (χ2v) is 17.0. The van der Waals surface area contributed by atoms with E-state index in [1.807, 2.05) is 35.0 Å². The number of benzene rings is 1. The van der Waals surface area contributed by atoms with Crippen molar-refractivity contribution < 1.29 is 0 Å². The predicted molar refractivity (Wildman–Crippen MR) is 94.6 cm³/mol. The molecule has 2 aromatic rings. The second kappa shape index (κ2) is 5.62. The van der Waals surface area contributed by atoms with Gasteiger partial charge in [0.1, 0.15) is 21.8 Å². The maximum Gasteiger partial charge on any atom is 0.135 e. The van der Waals surface area contributed by atoms with Crippen LogP contribution in [0.25, 0.3) is 5.69 Å². The minimum Gasteiger partial charge on any atom is -0.205 e. The van der Waals surface area contributed by atoms with Crippen LogP contribution in [0.3, 0.4) is 0 Å². The van der Waals surface area contributed by atoms with Crippen LogP contribution in [-0.2, 0) is 0 Å². The fourth-order valence-corrected chi connectivity index (χ4v) is 3.61. The van der Waals surface area contributed by atoms with Crippen molar-refractivity contribution in [3.05, 3.63) is 36.0 Å². The summed E-state index contributed by atoms with van der Waals surface area (Å²) in [6.07, 6.45) is 0. The summed E-state index contributed by atoms with van der Waals surface area (Å²) in [5.74, 6) is 3.39. The van der Waals surface area contributed by atoms with E-state index in [9.17, 15) is 0 Å². The van der Waals surface area contributed by atoms with Crippen molar-refractivity contribution in [3.8, 4) is 17.2 Å². The Morgan fingerprint density at radius 2 is 1.57 bits per heavy atom. The molecule has 3 nitrogen and oxygen atoms in total. The first-order valence-electron chi connectivity index (χ1n) is 7.23. The quantitative estimate of drug-likeness (QED) is 0.630. The highest BCUT2D eigenvalue weighted by Gasteiger charge is 2.26. The zero-order chi connectivity index (χ0) is 15.7. The number of hydrogen-bond acceptors (Lipinski definition) is 2. The van der Waals surface area contributed by atoms with E-state index < -0.39 is 16.1 Å². The first kappa shape index (κ1) is 15.7. The van der Waals surface area contributed by atoms with Crippen LogP contribution in [0.1, 0.15) is 5.69 Å². The van der Waals surface area contributed by atoms with Gasteiger partial charge in [0.25, 0.3) is 0 Å². The summed E-state index contributed by atoms with van der Waals surface area (Å²) in [5, 5.41) is 9.91. The van der Waals surface area contributed by atoms with Gasteiger partial charge in [0.2, 0.25) is 0 Å². The summed E-state index contributed by atoms with van der Waals surface area (Å²) in [6.45, 7) is 13.6. The van der Waals surface area contributed by atoms with Crippen molar-refractivity contribution >= 4 is 21.5 Å². The lowest BCUT2D eigenvalue weighted by atomic mass is 10.3. The van der Waals surface area contributed by atoms with Crippen molar-refractivity contribution in [2.75, 3.05) is 0 Å². The molecule has 1 heterocycles. The van der Waals surface area contributed by atoms with Gasteiger partial charge in [0, 0.05) is 0 Å². The topological polar surface area (TPSA) is 30.7 Å². The van der Waals surface area contributed by atoms with Gasteiger partial charge < -0.3 is 0 Å². The van der Waals surface area contributed by atoms with E-state index in [0.29, 0.717) is 0 Å². The first-order valence-corrected chi connectivity index (χ1v) is 14.2. The Labute approximate surface area is 129 Å². The lowest BCUT2D eigenvalue weighted by Gasteiger charge is -2.13. The molecule has 21 heavy (non-hydrogen) atoms. The fraction of sp³-hybridized carbons (Fsp3) is 0.375. The molecule has 0 aliphatic heterocycles. The number of aromatic nitrogens is 3. The van der Waals surface area contributed by atoms with Crippen molar-refractivity contribution in [2.45, 2.75) is 39.3 Å². The molecule has 0 N–H and O–H groups in total. The van der Waals surface area contributed by atoms with Crippen molar-refractivity contribution in [3.63, 3.8) is 0 Å². The summed E-state index contributed by atoms with van der Waals surface area (Å²) in [4.78, 5) is 0. The lowest BCUT2D eigenvalue weighted by molar-refractivity contribution is 0.798. The summed E-state index contributed by atoms with van der Waals surface area (Å²) in [5.41, 5.74) is 5.45. The molecule has 0 bridgehead atoms. The summed E-state index contributed by atoms with van der Waals surface area (Å²) >= 11 is 0. The Morgan fingerprint density at radius 3 is 2.10 bits per heavy atom. The molecule has 5 heteroatoms. The van der Waals surface area contributed by atoms with Gasteiger partial charge >= 0.3 is 0 Å². The van der Waals surface area contributed by atoms with E-state index in [4.69, 9.17) is 0 Å². The Hall–Kier alpha value is -1.65. The SMILES string of the molecule is C[Si](C)(C)C#Cc1c([Si](C)(C)C)nnn1-c1ccccc1. The van der Waals surface area contributed by atoms with Crippen molar-refractivity contribution in [1.82, 2.24) is 15.0 Å². The largest absolute Gasteiger partial charge is 0.205 e. The molecule has 0 spiro atoms. The average molecular weight is 314 g/mol. The van der Waals surface area contributed by atoms with E-state index in [2.05, 4.69) is 61.1 Å².